The lowest BCUT2D eigenvalue weighted by Crippen LogP contribution is -2.51. The standard InChI is InChI=1S/C29H41N3O6/c1-31(2)28(33)20-38-27-18-30-17-26(29(27)22-7-9-23(35-4)10-8-22)37-19-21-6-11-25-24(16-21)32(13-15-36-25)12-5-14-34-3/h6-11,16,26-27,29-30H,5,12-15,17-20H2,1-4H3/t26-,27+,29?/m0/s1. The maximum atomic E-state index is 12.2. The van der Waals surface area contributed by atoms with E-state index in [0.717, 1.165) is 54.4 Å². The van der Waals surface area contributed by atoms with Gasteiger partial charge < -0.3 is 38.8 Å². The van der Waals surface area contributed by atoms with Crippen LogP contribution in [0.15, 0.2) is 42.5 Å². The van der Waals surface area contributed by atoms with E-state index >= 15 is 0 Å². The third kappa shape index (κ3) is 7.17. The normalized spacial score (nSPS) is 20.9. The number of nitrogens with zero attached hydrogens (tertiary/aromatic N) is 2. The quantitative estimate of drug-likeness (QED) is 0.422. The highest BCUT2D eigenvalue weighted by atomic mass is 16.5. The van der Waals surface area contributed by atoms with E-state index < -0.39 is 0 Å². The fourth-order valence-electron chi connectivity index (χ4n) is 4.99. The summed E-state index contributed by atoms with van der Waals surface area (Å²) in [6, 6.07) is 14.3. The van der Waals surface area contributed by atoms with Gasteiger partial charge in [0, 0.05) is 53.4 Å². The Morgan fingerprint density at radius 3 is 2.55 bits per heavy atom. The van der Waals surface area contributed by atoms with Crippen molar-refractivity contribution < 1.29 is 28.5 Å². The lowest BCUT2D eigenvalue weighted by Gasteiger charge is -2.39. The third-order valence-corrected chi connectivity index (χ3v) is 7.14. The highest BCUT2D eigenvalue weighted by Crippen LogP contribution is 2.35. The molecular formula is C29H41N3O6. The number of hydrogen-bond donors (Lipinski definition) is 1. The molecule has 2 aromatic carbocycles. The first-order valence-electron chi connectivity index (χ1n) is 13.3. The second kappa shape index (κ2) is 13.8. The number of benzene rings is 2. The van der Waals surface area contributed by atoms with Crippen molar-refractivity contribution in [2.75, 3.05) is 79.2 Å². The van der Waals surface area contributed by atoms with Crippen LogP contribution in [0.4, 0.5) is 5.69 Å². The van der Waals surface area contributed by atoms with E-state index in [4.69, 9.17) is 23.7 Å². The molecule has 9 heteroatoms. The van der Waals surface area contributed by atoms with Gasteiger partial charge in [0.2, 0.25) is 5.91 Å². The maximum absolute atomic E-state index is 12.2. The number of piperidine rings is 1. The highest BCUT2D eigenvalue weighted by molar-refractivity contribution is 5.76. The van der Waals surface area contributed by atoms with Gasteiger partial charge in [0.15, 0.2) is 0 Å². The van der Waals surface area contributed by atoms with Crippen LogP contribution in [0.3, 0.4) is 0 Å². The second-order valence-corrected chi connectivity index (χ2v) is 9.93. The molecule has 1 amide bonds. The van der Waals surface area contributed by atoms with Crippen molar-refractivity contribution in [3.63, 3.8) is 0 Å². The topological polar surface area (TPSA) is 81.7 Å². The SMILES string of the molecule is COCCCN1CCOc2ccc(CO[C@H]3CNC[C@@H](OCC(=O)N(C)C)C3c3ccc(OC)cc3)cc21. The summed E-state index contributed by atoms with van der Waals surface area (Å²) in [4.78, 5) is 16.1. The molecule has 0 aliphatic carbocycles. The molecule has 4 rings (SSSR count). The molecule has 208 valence electrons. The molecule has 2 aliphatic heterocycles. The van der Waals surface area contributed by atoms with E-state index in [1.807, 2.05) is 18.2 Å². The molecule has 9 nitrogen and oxygen atoms in total. The van der Waals surface area contributed by atoms with Crippen LogP contribution in [0, 0.1) is 0 Å². The van der Waals surface area contributed by atoms with E-state index in [1.165, 1.54) is 0 Å². The fraction of sp³-hybridized carbons (Fsp3) is 0.552. The Balaban J connectivity index is 1.49. The van der Waals surface area contributed by atoms with E-state index in [0.29, 0.717) is 26.3 Å². The van der Waals surface area contributed by atoms with Crippen molar-refractivity contribution in [2.45, 2.75) is 31.2 Å². The molecule has 3 atom stereocenters. The number of carbonyl (C=O) groups is 1. The Hall–Kier alpha value is -2.85. The lowest BCUT2D eigenvalue weighted by atomic mass is 9.85. The summed E-state index contributed by atoms with van der Waals surface area (Å²) in [5, 5.41) is 3.44. The van der Waals surface area contributed by atoms with Crippen molar-refractivity contribution in [1.29, 1.82) is 0 Å². The van der Waals surface area contributed by atoms with Crippen LogP contribution in [0.25, 0.3) is 0 Å². The maximum Gasteiger partial charge on any atom is 0.248 e. The molecule has 0 spiro atoms. The molecule has 0 aromatic heterocycles. The number of fused-ring (bicyclic) bond motifs is 1. The Labute approximate surface area is 225 Å². The van der Waals surface area contributed by atoms with Crippen LogP contribution >= 0.6 is 0 Å². The largest absolute Gasteiger partial charge is 0.497 e. The molecule has 2 heterocycles. The monoisotopic (exact) mass is 527 g/mol. The second-order valence-electron chi connectivity index (χ2n) is 9.93. The van der Waals surface area contributed by atoms with E-state index in [2.05, 4.69) is 34.5 Å². The van der Waals surface area contributed by atoms with Crippen LogP contribution in [0.5, 0.6) is 11.5 Å². The minimum absolute atomic E-state index is 0.0302. The van der Waals surface area contributed by atoms with Crippen molar-refractivity contribution in [1.82, 2.24) is 10.2 Å². The smallest absolute Gasteiger partial charge is 0.248 e. The number of amides is 1. The molecule has 38 heavy (non-hydrogen) atoms. The van der Waals surface area contributed by atoms with Crippen LogP contribution in [0.2, 0.25) is 0 Å². The van der Waals surface area contributed by atoms with Gasteiger partial charge in [-0.1, -0.05) is 18.2 Å². The number of ether oxygens (including phenoxy) is 5. The lowest BCUT2D eigenvalue weighted by molar-refractivity contribution is -0.138. The van der Waals surface area contributed by atoms with Gasteiger partial charge in [-0.25, -0.2) is 0 Å². The van der Waals surface area contributed by atoms with Gasteiger partial charge in [0.25, 0.3) is 0 Å². The molecule has 2 aliphatic rings. The zero-order valence-corrected chi connectivity index (χ0v) is 23.0. The summed E-state index contributed by atoms with van der Waals surface area (Å²) in [6.45, 7) is 5.03. The highest BCUT2D eigenvalue weighted by Gasteiger charge is 2.36. The van der Waals surface area contributed by atoms with Crippen molar-refractivity contribution in [2.24, 2.45) is 0 Å². The van der Waals surface area contributed by atoms with Crippen LogP contribution < -0.4 is 19.7 Å². The Kier molecular flexibility index (Phi) is 10.2. The summed E-state index contributed by atoms with van der Waals surface area (Å²) in [5.74, 6) is 1.61. The van der Waals surface area contributed by atoms with Crippen molar-refractivity contribution >= 4 is 11.6 Å². The molecule has 1 saturated heterocycles. The number of methoxy groups -OCH3 is 2. The summed E-state index contributed by atoms with van der Waals surface area (Å²) in [6.07, 6.45) is 0.618. The average molecular weight is 528 g/mol. The Morgan fingerprint density at radius 1 is 1.08 bits per heavy atom. The zero-order valence-electron chi connectivity index (χ0n) is 23.0. The molecule has 1 fully saturated rings. The van der Waals surface area contributed by atoms with Gasteiger partial charge in [0.05, 0.1) is 38.2 Å². The van der Waals surface area contributed by atoms with Crippen molar-refractivity contribution in [3.8, 4) is 11.5 Å². The predicted molar refractivity (Wildman–Crippen MR) is 146 cm³/mol. The predicted octanol–water partition coefficient (Wildman–Crippen LogP) is 2.68. The van der Waals surface area contributed by atoms with Crippen LogP contribution in [0.1, 0.15) is 23.5 Å². The summed E-state index contributed by atoms with van der Waals surface area (Å²) in [5.41, 5.74) is 3.29. The zero-order chi connectivity index (χ0) is 26.9. The first-order valence-corrected chi connectivity index (χ1v) is 13.3. The Bertz CT molecular complexity index is 1030. The number of rotatable bonds is 12. The van der Waals surface area contributed by atoms with Crippen molar-refractivity contribution in [3.05, 3.63) is 53.6 Å². The average Bonchev–Trinajstić information content (AvgIpc) is 2.95. The van der Waals surface area contributed by atoms with Gasteiger partial charge in [-0.3, -0.25) is 4.79 Å². The number of likely N-dealkylation sites (N-methyl/N-ethyl adjacent to an activating group) is 1. The molecule has 1 N–H and O–H groups in total. The van der Waals surface area contributed by atoms with Crippen LogP contribution in [-0.2, 0) is 25.6 Å². The van der Waals surface area contributed by atoms with Gasteiger partial charge in [-0.15, -0.1) is 0 Å². The molecule has 1 unspecified atom stereocenters. The Morgan fingerprint density at radius 2 is 1.84 bits per heavy atom. The number of anilines is 1. The molecule has 0 bridgehead atoms. The summed E-state index contributed by atoms with van der Waals surface area (Å²) in [7, 11) is 6.87. The summed E-state index contributed by atoms with van der Waals surface area (Å²) >= 11 is 0. The third-order valence-electron chi connectivity index (χ3n) is 7.14. The van der Waals surface area contributed by atoms with E-state index in [-0.39, 0.29) is 30.6 Å². The number of nitrogens with one attached hydrogen (secondary N) is 1. The molecule has 0 radical (unpaired) electrons. The van der Waals surface area contributed by atoms with Gasteiger partial charge >= 0.3 is 0 Å². The number of carbonyl (C=O) groups excluding carboxylic acids is 1. The number of hydrogen-bond acceptors (Lipinski definition) is 8. The van der Waals surface area contributed by atoms with Gasteiger partial charge in [-0.2, -0.15) is 0 Å². The van der Waals surface area contributed by atoms with Gasteiger partial charge in [-0.05, 0) is 41.8 Å². The van der Waals surface area contributed by atoms with Gasteiger partial charge in [0.1, 0.15) is 24.7 Å². The molecular weight excluding hydrogens is 486 g/mol. The van der Waals surface area contributed by atoms with E-state index in [1.54, 1.807) is 33.2 Å². The minimum Gasteiger partial charge on any atom is -0.497 e. The molecule has 0 saturated carbocycles. The first-order chi connectivity index (χ1) is 18.5. The fourth-order valence-corrected chi connectivity index (χ4v) is 4.99. The minimum atomic E-state index is -0.209. The first kappa shape index (κ1) is 28.2. The molecule has 2 aromatic rings. The van der Waals surface area contributed by atoms with Crippen LogP contribution in [-0.4, -0.2) is 97.3 Å². The summed E-state index contributed by atoms with van der Waals surface area (Å²) < 4.78 is 29.2. The van der Waals surface area contributed by atoms with E-state index in [9.17, 15) is 4.79 Å².